The lowest BCUT2D eigenvalue weighted by molar-refractivity contribution is -0.147. The third kappa shape index (κ3) is 4.27. The van der Waals surface area contributed by atoms with E-state index in [4.69, 9.17) is 15.6 Å². The molecule has 1 aliphatic heterocycles. The second-order valence-corrected chi connectivity index (χ2v) is 4.57. The van der Waals surface area contributed by atoms with Gasteiger partial charge in [-0.15, -0.1) is 0 Å². The zero-order valence-electron chi connectivity index (χ0n) is 10.8. The molecule has 104 valence electrons. The van der Waals surface area contributed by atoms with Crippen molar-refractivity contribution in [3.63, 3.8) is 0 Å². The molecule has 0 aromatic heterocycles. The minimum atomic E-state index is -0.956. The number of hydrogen-bond acceptors (Lipinski definition) is 4. The van der Waals surface area contributed by atoms with E-state index < -0.39 is 5.97 Å². The molecule has 1 aliphatic rings. The number of ether oxygens (including phenoxy) is 1. The molecule has 1 amide bonds. The van der Waals surface area contributed by atoms with Gasteiger partial charge in [0, 0.05) is 19.6 Å². The molecule has 1 unspecified atom stereocenters. The lowest BCUT2D eigenvalue weighted by Gasteiger charge is -2.33. The van der Waals surface area contributed by atoms with Gasteiger partial charge in [0.1, 0.15) is 6.61 Å². The Kier molecular flexibility index (Phi) is 6.07. The summed E-state index contributed by atoms with van der Waals surface area (Å²) in [7, 11) is 0. The summed E-state index contributed by atoms with van der Waals surface area (Å²) in [4.78, 5) is 24.2. The highest BCUT2D eigenvalue weighted by atomic mass is 16.5. The van der Waals surface area contributed by atoms with Gasteiger partial charge < -0.3 is 20.5 Å². The van der Waals surface area contributed by atoms with Gasteiger partial charge in [-0.2, -0.15) is 0 Å². The highest BCUT2D eigenvalue weighted by Gasteiger charge is 2.27. The Morgan fingerprint density at radius 2 is 2.06 bits per heavy atom. The van der Waals surface area contributed by atoms with Crippen molar-refractivity contribution in [2.45, 2.75) is 32.3 Å². The molecule has 6 heteroatoms. The van der Waals surface area contributed by atoms with E-state index in [9.17, 15) is 9.59 Å². The second-order valence-electron chi connectivity index (χ2n) is 4.57. The maximum atomic E-state index is 12.0. The fraction of sp³-hybridized carbons (Fsp3) is 0.833. The average Bonchev–Trinajstić information content (AvgIpc) is 2.38. The van der Waals surface area contributed by atoms with Gasteiger partial charge in [0.2, 0.25) is 5.91 Å². The van der Waals surface area contributed by atoms with Crippen LogP contribution in [-0.4, -0.2) is 54.2 Å². The molecule has 1 atom stereocenters. The van der Waals surface area contributed by atoms with Crippen molar-refractivity contribution in [3.05, 3.63) is 0 Å². The number of carboxylic acids is 1. The Bertz CT molecular complexity index is 284. The number of rotatable bonds is 6. The Morgan fingerprint density at radius 3 is 2.50 bits per heavy atom. The SMILES string of the molecule is CCC(CN)C(=O)N1CCC(OCC(=O)O)CC1. The van der Waals surface area contributed by atoms with Gasteiger partial charge in [-0.25, -0.2) is 4.79 Å². The zero-order valence-corrected chi connectivity index (χ0v) is 10.8. The average molecular weight is 258 g/mol. The van der Waals surface area contributed by atoms with E-state index in [2.05, 4.69) is 0 Å². The topological polar surface area (TPSA) is 92.9 Å². The van der Waals surface area contributed by atoms with Crippen LogP contribution in [0.4, 0.5) is 0 Å². The molecule has 1 rings (SSSR count). The highest BCUT2D eigenvalue weighted by molar-refractivity contribution is 5.79. The van der Waals surface area contributed by atoms with Crippen LogP contribution in [0.1, 0.15) is 26.2 Å². The minimum Gasteiger partial charge on any atom is -0.480 e. The number of carbonyl (C=O) groups excluding carboxylic acids is 1. The molecule has 3 N–H and O–H groups in total. The monoisotopic (exact) mass is 258 g/mol. The van der Waals surface area contributed by atoms with Crippen LogP contribution in [0.3, 0.4) is 0 Å². The van der Waals surface area contributed by atoms with Crippen LogP contribution in [0.25, 0.3) is 0 Å². The Labute approximate surface area is 107 Å². The smallest absolute Gasteiger partial charge is 0.329 e. The van der Waals surface area contributed by atoms with Crippen molar-refractivity contribution < 1.29 is 19.4 Å². The maximum absolute atomic E-state index is 12.0. The molecule has 1 fully saturated rings. The summed E-state index contributed by atoms with van der Waals surface area (Å²) in [5.74, 6) is -0.944. The first-order valence-corrected chi connectivity index (χ1v) is 6.40. The molecule has 1 heterocycles. The molecule has 1 saturated heterocycles. The van der Waals surface area contributed by atoms with Gasteiger partial charge >= 0.3 is 5.97 Å². The standard InChI is InChI=1S/C12H22N2O4/c1-2-9(7-13)12(17)14-5-3-10(4-6-14)18-8-11(15)16/h9-10H,2-8,13H2,1H3,(H,15,16). The van der Waals surface area contributed by atoms with Crippen molar-refractivity contribution in [3.8, 4) is 0 Å². The van der Waals surface area contributed by atoms with Gasteiger partial charge in [-0.1, -0.05) is 6.92 Å². The van der Waals surface area contributed by atoms with E-state index in [-0.39, 0.29) is 24.5 Å². The molecule has 0 aromatic rings. The molecule has 18 heavy (non-hydrogen) atoms. The Balaban J connectivity index is 2.34. The number of aliphatic carboxylic acids is 1. The van der Waals surface area contributed by atoms with Crippen LogP contribution >= 0.6 is 0 Å². The molecular weight excluding hydrogens is 236 g/mol. The second kappa shape index (κ2) is 7.33. The lowest BCUT2D eigenvalue weighted by Crippen LogP contribution is -2.45. The van der Waals surface area contributed by atoms with Crippen LogP contribution in [0, 0.1) is 5.92 Å². The van der Waals surface area contributed by atoms with Crippen LogP contribution < -0.4 is 5.73 Å². The first-order valence-electron chi connectivity index (χ1n) is 6.40. The molecule has 0 spiro atoms. The summed E-state index contributed by atoms with van der Waals surface area (Å²) in [5.41, 5.74) is 5.56. The van der Waals surface area contributed by atoms with E-state index in [1.54, 1.807) is 0 Å². The van der Waals surface area contributed by atoms with Gasteiger partial charge in [-0.3, -0.25) is 4.79 Å². The summed E-state index contributed by atoms with van der Waals surface area (Å²) in [6.45, 7) is 3.32. The van der Waals surface area contributed by atoms with Crippen molar-refractivity contribution >= 4 is 11.9 Å². The van der Waals surface area contributed by atoms with Gasteiger partial charge in [0.15, 0.2) is 0 Å². The molecular formula is C12H22N2O4. The van der Waals surface area contributed by atoms with Crippen molar-refractivity contribution in [1.82, 2.24) is 4.90 Å². The van der Waals surface area contributed by atoms with Gasteiger partial charge in [0.25, 0.3) is 0 Å². The summed E-state index contributed by atoms with van der Waals surface area (Å²) in [6.07, 6.45) is 2.09. The minimum absolute atomic E-state index is 0.0527. The van der Waals surface area contributed by atoms with Gasteiger partial charge in [0.05, 0.1) is 12.0 Å². The molecule has 0 bridgehead atoms. The number of nitrogens with two attached hydrogens (primary N) is 1. The quantitative estimate of drug-likeness (QED) is 0.703. The van der Waals surface area contributed by atoms with E-state index >= 15 is 0 Å². The predicted octanol–water partition coefficient (Wildman–Crippen LogP) is 0.0635. The molecule has 0 aliphatic carbocycles. The third-order valence-electron chi connectivity index (χ3n) is 3.32. The third-order valence-corrected chi connectivity index (χ3v) is 3.32. The molecule has 0 saturated carbocycles. The van der Waals surface area contributed by atoms with E-state index in [0.29, 0.717) is 32.5 Å². The van der Waals surface area contributed by atoms with Crippen LogP contribution in [0.15, 0.2) is 0 Å². The fourth-order valence-corrected chi connectivity index (χ4v) is 2.13. The number of carboxylic acid groups (broad SMARTS) is 1. The molecule has 0 aromatic carbocycles. The lowest BCUT2D eigenvalue weighted by atomic mass is 10.0. The van der Waals surface area contributed by atoms with Crippen molar-refractivity contribution in [1.29, 1.82) is 0 Å². The Hall–Kier alpha value is -1.14. The molecule has 6 nitrogen and oxygen atoms in total. The number of carbonyl (C=O) groups is 2. The Morgan fingerprint density at radius 1 is 1.44 bits per heavy atom. The number of amides is 1. The largest absolute Gasteiger partial charge is 0.480 e. The fourth-order valence-electron chi connectivity index (χ4n) is 2.13. The van der Waals surface area contributed by atoms with Crippen LogP contribution in [0.5, 0.6) is 0 Å². The maximum Gasteiger partial charge on any atom is 0.329 e. The molecule has 0 radical (unpaired) electrons. The number of piperidine rings is 1. The number of nitrogens with zero attached hydrogens (tertiary/aromatic N) is 1. The van der Waals surface area contributed by atoms with Crippen LogP contribution in [-0.2, 0) is 14.3 Å². The first-order chi connectivity index (χ1) is 8.58. The summed E-state index contributed by atoms with van der Waals surface area (Å²) in [6, 6.07) is 0. The van der Waals surface area contributed by atoms with Gasteiger partial charge in [-0.05, 0) is 19.3 Å². The first kappa shape index (κ1) is 14.9. The number of hydrogen-bond donors (Lipinski definition) is 2. The number of likely N-dealkylation sites (tertiary alicyclic amines) is 1. The summed E-state index contributed by atoms with van der Waals surface area (Å²) < 4.78 is 5.22. The normalized spacial score (nSPS) is 18.7. The predicted molar refractivity (Wildman–Crippen MR) is 66.0 cm³/mol. The van der Waals surface area contributed by atoms with E-state index in [0.717, 1.165) is 6.42 Å². The summed E-state index contributed by atoms with van der Waals surface area (Å²) in [5, 5.41) is 8.52. The van der Waals surface area contributed by atoms with Crippen molar-refractivity contribution in [2.75, 3.05) is 26.2 Å². The summed E-state index contributed by atoms with van der Waals surface area (Å²) >= 11 is 0. The van der Waals surface area contributed by atoms with Crippen LogP contribution in [0.2, 0.25) is 0 Å². The van der Waals surface area contributed by atoms with E-state index in [1.165, 1.54) is 0 Å². The zero-order chi connectivity index (χ0) is 13.5. The highest BCUT2D eigenvalue weighted by Crippen LogP contribution is 2.16. The van der Waals surface area contributed by atoms with Crippen molar-refractivity contribution in [2.24, 2.45) is 11.7 Å². The van der Waals surface area contributed by atoms with E-state index in [1.807, 2.05) is 11.8 Å².